The molecule has 17 heavy (non-hydrogen) atoms. The molecule has 1 N–H and O–H groups in total. The van der Waals surface area contributed by atoms with E-state index in [1.54, 1.807) is 0 Å². The van der Waals surface area contributed by atoms with Crippen LogP contribution in [0.3, 0.4) is 0 Å². The van der Waals surface area contributed by atoms with Gasteiger partial charge in [0.25, 0.3) is 0 Å². The van der Waals surface area contributed by atoms with Crippen LogP contribution in [0.25, 0.3) is 0 Å². The molecule has 1 aliphatic heterocycles. The van der Waals surface area contributed by atoms with E-state index in [1.165, 1.54) is 26.1 Å². The minimum atomic E-state index is -0.0892. The molecular formula is C13H28N2O2. The van der Waals surface area contributed by atoms with Crippen molar-refractivity contribution in [3.05, 3.63) is 0 Å². The normalized spacial score (nSPS) is 21.5. The first kappa shape index (κ1) is 14.9. The summed E-state index contributed by atoms with van der Waals surface area (Å²) in [5, 5.41) is 3.47. The number of likely N-dealkylation sites (tertiary alicyclic amines) is 1. The van der Waals surface area contributed by atoms with E-state index in [-0.39, 0.29) is 6.29 Å². The van der Waals surface area contributed by atoms with Gasteiger partial charge >= 0.3 is 0 Å². The van der Waals surface area contributed by atoms with Crippen LogP contribution in [-0.4, -0.2) is 57.1 Å². The van der Waals surface area contributed by atoms with Gasteiger partial charge in [0.15, 0.2) is 6.29 Å². The van der Waals surface area contributed by atoms with Gasteiger partial charge in [0.2, 0.25) is 0 Å². The number of hydrogen-bond acceptors (Lipinski definition) is 4. The summed E-state index contributed by atoms with van der Waals surface area (Å²) in [6.45, 7) is 13.2. The van der Waals surface area contributed by atoms with Crippen LogP contribution in [0.4, 0.5) is 0 Å². The Bertz CT molecular complexity index is 184. The van der Waals surface area contributed by atoms with Gasteiger partial charge in [-0.25, -0.2) is 0 Å². The second-order valence-corrected chi connectivity index (χ2v) is 4.55. The lowest BCUT2D eigenvalue weighted by Crippen LogP contribution is -2.35. The van der Waals surface area contributed by atoms with Crippen LogP contribution < -0.4 is 5.32 Å². The van der Waals surface area contributed by atoms with E-state index >= 15 is 0 Å². The fraction of sp³-hybridized carbons (Fsp3) is 1.00. The van der Waals surface area contributed by atoms with E-state index in [9.17, 15) is 0 Å². The number of nitrogens with zero attached hydrogens (tertiary/aromatic N) is 1. The van der Waals surface area contributed by atoms with Crippen molar-refractivity contribution >= 4 is 0 Å². The van der Waals surface area contributed by atoms with E-state index in [0.717, 1.165) is 19.0 Å². The van der Waals surface area contributed by atoms with Crippen molar-refractivity contribution in [2.45, 2.75) is 33.5 Å². The Morgan fingerprint density at radius 1 is 1.24 bits per heavy atom. The van der Waals surface area contributed by atoms with E-state index in [2.05, 4.69) is 17.1 Å². The van der Waals surface area contributed by atoms with Gasteiger partial charge in [-0.05, 0) is 45.8 Å². The summed E-state index contributed by atoms with van der Waals surface area (Å²) in [6.07, 6.45) is 1.23. The fourth-order valence-electron chi connectivity index (χ4n) is 2.31. The first-order valence-electron chi connectivity index (χ1n) is 6.96. The van der Waals surface area contributed by atoms with Crippen molar-refractivity contribution < 1.29 is 9.47 Å². The highest BCUT2D eigenvalue weighted by molar-refractivity contribution is 4.76. The molecule has 1 rings (SSSR count). The molecule has 0 aromatic heterocycles. The Morgan fingerprint density at radius 2 is 1.94 bits per heavy atom. The van der Waals surface area contributed by atoms with E-state index in [0.29, 0.717) is 13.2 Å². The molecule has 0 aliphatic carbocycles. The summed E-state index contributed by atoms with van der Waals surface area (Å²) in [5.41, 5.74) is 0. The van der Waals surface area contributed by atoms with Gasteiger partial charge in [0, 0.05) is 26.3 Å². The molecule has 102 valence electrons. The third kappa shape index (κ3) is 5.82. The highest BCUT2D eigenvalue weighted by Gasteiger charge is 2.20. The molecule has 0 bridgehead atoms. The highest BCUT2D eigenvalue weighted by Crippen LogP contribution is 2.14. The fourth-order valence-corrected chi connectivity index (χ4v) is 2.31. The average molecular weight is 244 g/mol. The maximum atomic E-state index is 5.49. The summed E-state index contributed by atoms with van der Waals surface area (Å²) in [4.78, 5) is 2.51. The van der Waals surface area contributed by atoms with Crippen molar-refractivity contribution in [2.24, 2.45) is 5.92 Å². The molecule has 0 radical (unpaired) electrons. The van der Waals surface area contributed by atoms with Crippen LogP contribution in [0.1, 0.15) is 27.2 Å². The highest BCUT2D eigenvalue weighted by atomic mass is 16.7. The SMILES string of the molecule is CCOC(CNCC1CCN(CC)C1)OCC. The van der Waals surface area contributed by atoms with Crippen LogP contribution >= 0.6 is 0 Å². The first-order valence-corrected chi connectivity index (χ1v) is 6.96. The zero-order valence-electron chi connectivity index (χ0n) is 11.6. The lowest BCUT2D eigenvalue weighted by Gasteiger charge is -2.19. The maximum Gasteiger partial charge on any atom is 0.169 e. The van der Waals surface area contributed by atoms with Crippen LogP contribution in [0.2, 0.25) is 0 Å². The molecule has 1 fully saturated rings. The third-order valence-electron chi connectivity index (χ3n) is 3.27. The quantitative estimate of drug-likeness (QED) is 0.620. The van der Waals surface area contributed by atoms with Gasteiger partial charge in [-0.2, -0.15) is 0 Å². The molecule has 4 heteroatoms. The standard InChI is InChI=1S/C13H28N2O2/c1-4-15-8-7-12(11-15)9-14-10-13(16-5-2)17-6-3/h12-14H,4-11H2,1-3H3. The molecule has 1 unspecified atom stereocenters. The Hall–Kier alpha value is -0.160. The van der Waals surface area contributed by atoms with E-state index < -0.39 is 0 Å². The van der Waals surface area contributed by atoms with Gasteiger partial charge in [-0.3, -0.25) is 0 Å². The molecule has 1 atom stereocenters. The molecule has 1 heterocycles. The molecular weight excluding hydrogens is 216 g/mol. The van der Waals surface area contributed by atoms with Crippen LogP contribution in [0.15, 0.2) is 0 Å². The molecule has 0 aromatic rings. The molecule has 1 saturated heterocycles. The van der Waals surface area contributed by atoms with E-state index in [1.807, 2.05) is 13.8 Å². The summed E-state index contributed by atoms with van der Waals surface area (Å²) in [6, 6.07) is 0. The van der Waals surface area contributed by atoms with Crippen molar-refractivity contribution in [1.82, 2.24) is 10.2 Å². The van der Waals surface area contributed by atoms with Crippen molar-refractivity contribution in [3.8, 4) is 0 Å². The number of nitrogens with one attached hydrogen (secondary N) is 1. The second-order valence-electron chi connectivity index (χ2n) is 4.55. The van der Waals surface area contributed by atoms with Crippen LogP contribution in [-0.2, 0) is 9.47 Å². The van der Waals surface area contributed by atoms with Gasteiger partial charge in [-0.15, -0.1) is 0 Å². The van der Waals surface area contributed by atoms with Crippen molar-refractivity contribution in [3.63, 3.8) is 0 Å². The Balaban J connectivity index is 2.09. The molecule has 0 aromatic carbocycles. The molecule has 0 saturated carbocycles. The Morgan fingerprint density at radius 3 is 2.47 bits per heavy atom. The molecule has 1 aliphatic rings. The Labute approximate surface area is 106 Å². The first-order chi connectivity index (χ1) is 8.30. The van der Waals surface area contributed by atoms with Crippen molar-refractivity contribution in [2.75, 3.05) is 45.9 Å². The summed E-state index contributed by atoms with van der Waals surface area (Å²) < 4.78 is 11.0. The summed E-state index contributed by atoms with van der Waals surface area (Å²) in [5.74, 6) is 0.791. The molecule has 0 spiro atoms. The van der Waals surface area contributed by atoms with Crippen molar-refractivity contribution in [1.29, 1.82) is 0 Å². The van der Waals surface area contributed by atoms with Gasteiger partial charge < -0.3 is 19.7 Å². The third-order valence-corrected chi connectivity index (χ3v) is 3.27. The lowest BCUT2D eigenvalue weighted by atomic mass is 10.1. The number of hydrogen-bond donors (Lipinski definition) is 1. The van der Waals surface area contributed by atoms with E-state index in [4.69, 9.17) is 9.47 Å². The van der Waals surface area contributed by atoms with Crippen LogP contribution in [0.5, 0.6) is 0 Å². The second kappa shape index (κ2) is 8.86. The van der Waals surface area contributed by atoms with Crippen LogP contribution in [0, 0.1) is 5.92 Å². The topological polar surface area (TPSA) is 33.7 Å². The minimum absolute atomic E-state index is 0.0892. The summed E-state index contributed by atoms with van der Waals surface area (Å²) in [7, 11) is 0. The smallest absolute Gasteiger partial charge is 0.169 e. The monoisotopic (exact) mass is 244 g/mol. The largest absolute Gasteiger partial charge is 0.352 e. The zero-order valence-corrected chi connectivity index (χ0v) is 11.6. The van der Waals surface area contributed by atoms with Gasteiger partial charge in [-0.1, -0.05) is 6.92 Å². The predicted molar refractivity (Wildman–Crippen MR) is 70.1 cm³/mol. The number of ether oxygens (including phenoxy) is 2. The predicted octanol–water partition coefficient (Wildman–Crippen LogP) is 1.32. The molecule has 4 nitrogen and oxygen atoms in total. The van der Waals surface area contributed by atoms with Gasteiger partial charge in [0.05, 0.1) is 0 Å². The summed E-state index contributed by atoms with van der Waals surface area (Å²) >= 11 is 0. The Kier molecular flexibility index (Phi) is 7.77. The maximum absolute atomic E-state index is 5.49. The van der Waals surface area contributed by atoms with Gasteiger partial charge in [0.1, 0.15) is 0 Å². The zero-order chi connectivity index (χ0) is 12.5. The average Bonchev–Trinajstić information content (AvgIpc) is 2.77. The molecule has 0 amide bonds. The minimum Gasteiger partial charge on any atom is -0.352 e. The number of rotatable bonds is 9. The lowest BCUT2D eigenvalue weighted by molar-refractivity contribution is -0.133.